The lowest BCUT2D eigenvalue weighted by Crippen LogP contribution is -2.55. The second-order valence-electron chi connectivity index (χ2n) is 13.6. The molecule has 0 aliphatic carbocycles. The van der Waals surface area contributed by atoms with E-state index in [1.54, 1.807) is 26.8 Å². The van der Waals surface area contributed by atoms with Crippen molar-refractivity contribution in [2.75, 3.05) is 12.9 Å². The Bertz CT molecular complexity index is 1080. The van der Waals surface area contributed by atoms with E-state index in [1.807, 2.05) is 0 Å². The Hall–Kier alpha value is -2.72. The highest BCUT2D eigenvalue weighted by Crippen LogP contribution is 2.28. The van der Waals surface area contributed by atoms with E-state index in [2.05, 4.69) is 0 Å². The number of ether oxygens (including phenoxy) is 4. The summed E-state index contributed by atoms with van der Waals surface area (Å²) in [5.74, 6) is -3.37. The molecular formula is C27H45NO11S. The van der Waals surface area contributed by atoms with Crippen molar-refractivity contribution in [1.29, 1.82) is 5.26 Å². The van der Waals surface area contributed by atoms with Gasteiger partial charge >= 0.3 is 23.9 Å². The highest BCUT2D eigenvalue weighted by molar-refractivity contribution is 7.86. The maximum Gasteiger partial charge on any atom is 0.312 e. The highest BCUT2D eigenvalue weighted by Gasteiger charge is 2.48. The number of carbonyl (C=O) groups excluding carboxylic acids is 4. The highest BCUT2D eigenvalue weighted by atomic mass is 32.2. The minimum Gasteiger partial charge on any atom is -0.462 e. The van der Waals surface area contributed by atoms with Crippen LogP contribution in [-0.4, -0.2) is 69.6 Å². The molecule has 4 atom stereocenters. The molecule has 0 fully saturated rings. The smallest absolute Gasteiger partial charge is 0.312 e. The summed E-state index contributed by atoms with van der Waals surface area (Å²) in [4.78, 5) is 51.3. The van der Waals surface area contributed by atoms with Crippen LogP contribution in [0.1, 0.15) is 83.1 Å². The van der Waals surface area contributed by atoms with Gasteiger partial charge in [0.05, 0.1) is 27.9 Å². The summed E-state index contributed by atoms with van der Waals surface area (Å²) in [5.41, 5.74) is -4.38. The van der Waals surface area contributed by atoms with Gasteiger partial charge in [-0.15, -0.1) is 0 Å². The van der Waals surface area contributed by atoms with Crippen molar-refractivity contribution in [2.24, 2.45) is 21.7 Å². The van der Waals surface area contributed by atoms with Crippen molar-refractivity contribution in [2.45, 2.75) is 108 Å². The van der Waals surface area contributed by atoms with E-state index in [9.17, 15) is 32.9 Å². The third-order valence-corrected chi connectivity index (χ3v) is 5.56. The normalized spacial score (nSPS) is 16.0. The molecule has 0 aromatic carbocycles. The predicted octanol–water partition coefficient (Wildman–Crippen LogP) is 3.32. The number of hydrogen-bond donors (Lipinski definition) is 0. The zero-order valence-electron chi connectivity index (χ0n) is 25.9. The zero-order chi connectivity index (χ0) is 32.1. The van der Waals surface area contributed by atoms with E-state index < -0.39 is 86.7 Å². The molecule has 0 aliphatic heterocycles. The molecule has 12 nitrogen and oxygen atoms in total. The Morgan fingerprint density at radius 1 is 0.650 bits per heavy atom. The monoisotopic (exact) mass is 591 g/mol. The average Bonchev–Trinajstić information content (AvgIpc) is 2.73. The first-order valence-corrected chi connectivity index (χ1v) is 14.5. The van der Waals surface area contributed by atoms with Gasteiger partial charge in [-0.3, -0.25) is 23.4 Å². The van der Waals surface area contributed by atoms with Gasteiger partial charge in [0.25, 0.3) is 10.1 Å². The largest absolute Gasteiger partial charge is 0.462 e. The Morgan fingerprint density at radius 3 is 1.32 bits per heavy atom. The fraction of sp³-hybridized carbons (Fsp3) is 0.815. The molecule has 4 unspecified atom stereocenters. The van der Waals surface area contributed by atoms with Crippen molar-refractivity contribution in [1.82, 2.24) is 0 Å². The van der Waals surface area contributed by atoms with Gasteiger partial charge in [0, 0.05) is 0 Å². The van der Waals surface area contributed by atoms with Crippen LogP contribution in [-0.2, 0) is 52.4 Å². The molecule has 0 heterocycles. The number of nitriles is 1. The van der Waals surface area contributed by atoms with Gasteiger partial charge in [-0.05, 0) is 83.1 Å². The summed E-state index contributed by atoms with van der Waals surface area (Å²) in [6.07, 6.45) is -6.71. The van der Waals surface area contributed by atoms with Crippen LogP contribution >= 0.6 is 0 Å². The van der Waals surface area contributed by atoms with Crippen LogP contribution < -0.4 is 0 Å². The maximum absolute atomic E-state index is 13.1. The molecule has 0 radical (unpaired) electrons. The van der Waals surface area contributed by atoms with Crippen molar-refractivity contribution >= 4 is 34.0 Å². The van der Waals surface area contributed by atoms with Gasteiger partial charge in [0.1, 0.15) is 12.7 Å². The van der Waals surface area contributed by atoms with Crippen LogP contribution in [0.3, 0.4) is 0 Å². The Morgan fingerprint density at radius 2 is 1.00 bits per heavy atom. The van der Waals surface area contributed by atoms with Crippen LogP contribution in [0.4, 0.5) is 0 Å². The van der Waals surface area contributed by atoms with E-state index in [0.717, 1.165) is 0 Å². The quantitative estimate of drug-likeness (QED) is 0.206. The molecule has 0 aromatic heterocycles. The first-order valence-electron chi connectivity index (χ1n) is 12.7. The Balaban J connectivity index is 7.14. The Labute approximate surface area is 238 Å². The third kappa shape index (κ3) is 12.6. The van der Waals surface area contributed by atoms with Crippen molar-refractivity contribution < 1.29 is 50.7 Å². The molecule has 0 saturated heterocycles. The number of rotatable bonds is 10. The van der Waals surface area contributed by atoms with Crippen LogP contribution in [0.5, 0.6) is 0 Å². The van der Waals surface area contributed by atoms with Crippen LogP contribution in [0, 0.1) is 33.0 Å². The minimum atomic E-state index is -4.31. The standard InChI is InChI=1S/C27H45NO11S/c1-24(2,3)20(29)35-15-17(39-40(13,33)34)19(38-23(32)27(10,11)12)18(37-22(31)26(7,8)9)16(14-28)36-21(30)25(4,5)6/h16-19H,15H2,1-13H3. The zero-order valence-corrected chi connectivity index (χ0v) is 26.7. The van der Waals surface area contributed by atoms with Gasteiger partial charge in [-0.2, -0.15) is 13.7 Å². The molecule has 13 heteroatoms. The fourth-order valence-corrected chi connectivity index (χ4v) is 3.11. The molecule has 0 rings (SSSR count). The van der Waals surface area contributed by atoms with E-state index >= 15 is 0 Å². The maximum atomic E-state index is 13.1. The molecule has 0 bridgehead atoms. The number of carbonyl (C=O) groups is 4. The second kappa shape index (κ2) is 13.3. The molecule has 0 amide bonds. The number of esters is 4. The van der Waals surface area contributed by atoms with E-state index in [1.165, 1.54) is 62.3 Å². The van der Waals surface area contributed by atoms with Gasteiger partial charge in [-0.25, -0.2) is 0 Å². The lowest BCUT2D eigenvalue weighted by molar-refractivity contribution is -0.201. The van der Waals surface area contributed by atoms with Crippen LogP contribution in [0.15, 0.2) is 0 Å². The van der Waals surface area contributed by atoms with Crippen molar-refractivity contribution in [3.8, 4) is 6.07 Å². The Kier molecular flexibility index (Phi) is 12.4. The SMILES string of the molecule is CC(C)(C)C(=O)OCC(OS(C)(=O)=O)C(OC(=O)C(C)(C)C)C(OC(=O)C(C)(C)C)C(C#N)OC(=O)C(C)(C)C. The summed E-state index contributed by atoms with van der Waals surface area (Å²) in [5, 5.41) is 10.0. The van der Waals surface area contributed by atoms with E-state index in [4.69, 9.17) is 23.1 Å². The van der Waals surface area contributed by atoms with Crippen molar-refractivity contribution in [3.05, 3.63) is 0 Å². The van der Waals surface area contributed by atoms with E-state index in [-0.39, 0.29) is 0 Å². The molecule has 0 N–H and O–H groups in total. The second-order valence-corrected chi connectivity index (χ2v) is 15.2. The van der Waals surface area contributed by atoms with Gasteiger partial charge in [0.15, 0.2) is 18.3 Å². The fourth-order valence-electron chi connectivity index (χ4n) is 2.49. The summed E-state index contributed by atoms with van der Waals surface area (Å²) < 4.78 is 51.6. The summed E-state index contributed by atoms with van der Waals surface area (Å²) >= 11 is 0. The predicted molar refractivity (Wildman–Crippen MR) is 144 cm³/mol. The topological polar surface area (TPSA) is 172 Å². The first-order chi connectivity index (χ1) is 17.6. The lowest BCUT2D eigenvalue weighted by atomic mass is 9.94. The number of hydrogen-bond acceptors (Lipinski definition) is 12. The van der Waals surface area contributed by atoms with E-state index in [0.29, 0.717) is 6.26 Å². The lowest BCUT2D eigenvalue weighted by Gasteiger charge is -2.36. The van der Waals surface area contributed by atoms with Gasteiger partial charge in [0.2, 0.25) is 6.10 Å². The van der Waals surface area contributed by atoms with Crippen LogP contribution in [0.2, 0.25) is 0 Å². The van der Waals surface area contributed by atoms with Gasteiger partial charge < -0.3 is 18.9 Å². The van der Waals surface area contributed by atoms with Crippen LogP contribution in [0.25, 0.3) is 0 Å². The first kappa shape index (κ1) is 37.3. The minimum absolute atomic E-state index is 0.714. The molecule has 0 aromatic rings. The molecular weight excluding hydrogens is 546 g/mol. The summed E-state index contributed by atoms with van der Waals surface area (Å²) in [7, 11) is -4.31. The molecule has 0 spiro atoms. The molecule has 40 heavy (non-hydrogen) atoms. The molecule has 0 aliphatic rings. The summed E-state index contributed by atoms with van der Waals surface area (Å²) in [6, 6.07) is 1.74. The third-order valence-electron chi connectivity index (χ3n) is 4.96. The summed E-state index contributed by atoms with van der Waals surface area (Å²) in [6.45, 7) is 17.6. The van der Waals surface area contributed by atoms with Gasteiger partial charge in [-0.1, -0.05) is 0 Å². The molecule has 230 valence electrons. The average molecular weight is 592 g/mol. The number of nitrogens with zero attached hydrogens (tertiary/aromatic N) is 1. The van der Waals surface area contributed by atoms with Crippen molar-refractivity contribution in [3.63, 3.8) is 0 Å². The molecule has 0 saturated carbocycles.